The van der Waals surface area contributed by atoms with E-state index in [2.05, 4.69) is 15.9 Å². The first-order valence-electron chi connectivity index (χ1n) is 5.79. The quantitative estimate of drug-likeness (QED) is 0.917. The fourth-order valence-corrected chi connectivity index (χ4v) is 2.05. The van der Waals surface area contributed by atoms with Crippen LogP contribution in [0.25, 0.3) is 11.3 Å². The van der Waals surface area contributed by atoms with Crippen molar-refractivity contribution in [2.75, 3.05) is 13.6 Å². The van der Waals surface area contributed by atoms with E-state index in [9.17, 15) is 4.79 Å². The van der Waals surface area contributed by atoms with Gasteiger partial charge in [-0.1, -0.05) is 28.1 Å². The molecular weight excluding hydrogens is 310 g/mol. The molecule has 100 valence electrons. The van der Waals surface area contributed by atoms with Crippen molar-refractivity contribution in [1.82, 2.24) is 4.90 Å². The number of hydrogen-bond donors (Lipinski definition) is 1. The highest BCUT2D eigenvalue weighted by Gasteiger charge is 2.09. The van der Waals surface area contributed by atoms with E-state index < -0.39 is 5.97 Å². The molecule has 0 amide bonds. The highest BCUT2D eigenvalue weighted by molar-refractivity contribution is 9.10. The summed E-state index contributed by atoms with van der Waals surface area (Å²) in [7, 11) is 1.75. The minimum atomic E-state index is -0.845. The van der Waals surface area contributed by atoms with Crippen LogP contribution in [0.1, 0.15) is 5.76 Å². The van der Waals surface area contributed by atoms with E-state index in [-0.39, 0.29) is 6.54 Å². The van der Waals surface area contributed by atoms with Crippen molar-refractivity contribution in [3.8, 4) is 11.3 Å². The largest absolute Gasteiger partial charge is 0.480 e. The van der Waals surface area contributed by atoms with Gasteiger partial charge in [-0.25, -0.2) is 0 Å². The molecular formula is C14H14BrNO3. The van der Waals surface area contributed by atoms with E-state index in [0.717, 1.165) is 21.6 Å². The zero-order valence-corrected chi connectivity index (χ0v) is 12.1. The Morgan fingerprint density at radius 3 is 2.58 bits per heavy atom. The van der Waals surface area contributed by atoms with Crippen molar-refractivity contribution in [1.29, 1.82) is 0 Å². The summed E-state index contributed by atoms with van der Waals surface area (Å²) in [5, 5.41) is 8.69. The summed E-state index contributed by atoms with van der Waals surface area (Å²) in [5.41, 5.74) is 0.996. The minimum absolute atomic E-state index is 0.00564. The number of furan rings is 1. The maximum Gasteiger partial charge on any atom is 0.317 e. The molecule has 0 aliphatic carbocycles. The molecule has 0 atom stereocenters. The van der Waals surface area contributed by atoms with Crippen LogP contribution in [-0.2, 0) is 11.3 Å². The number of rotatable bonds is 5. The molecule has 1 aromatic carbocycles. The minimum Gasteiger partial charge on any atom is -0.480 e. The second kappa shape index (κ2) is 6.04. The monoisotopic (exact) mass is 323 g/mol. The second-order valence-electron chi connectivity index (χ2n) is 4.34. The molecule has 0 bridgehead atoms. The average molecular weight is 324 g/mol. The number of aliphatic carboxylic acids is 1. The van der Waals surface area contributed by atoms with Gasteiger partial charge in [0.2, 0.25) is 0 Å². The van der Waals surface area contributed by atoms with Gasteiger partial charge >= 0.3 is 5.97 Å². The van der Waals surface area contributed by atoms with Crippen LogP contribution in [0.4, 0.5) is 0 Å². The van der Waals surface area contributed by atoms with Gasteiger partial charge in [0, 0.05) is 10.0 Å². The molecule has 0 radical (unpaired) electrons. The summed E-state index contributed by atoms with van der Waals surface area (Å²) in [6, 6.07) is 11.6. The van der Waals surface area contributed by atoms with Gasteiger partial charge in [0.25, 0.3) is 0 Å². The zero-order valence-electron chi connectivity index (χ0n) is 10.5. The summed E-state index contributed by atoms with van der Waals surface area (Å²) < 4.78 is 6.73. The first-order chi connectivity index (χ1) is 9.04. The van der Waals surface area contributed by atoms with Crippen LogP contribution in [0.2, 0.25) is 0 Å². The molecule has 4 nitrogen and oxygen atoms in total. The third kappa shape index (κ3) is 3.94. The van der Waals surface area contributed by atoms with Crippen molar-refractivity contribution in [3.05, 3.63) is 46.6 Å². The summed E-state index contributed by atoms with van der Waals surface area (Å²) in [4.78, 5) is 12.3. The van der Waals surface area contributed by atoms with E-state index in [1.807, 2.05) is 36.4 Å². The van der Waals surface area contributed by atoms with E-state index in [1.165, 1.54) is 0 Å². The van der Waals surface area contributed by atoms with Gasteiger partial charge in [-0.3, -0.25) is 9.69 Å². The Morgan fingerprint density at radius 2 is 1.95 bits per heavy atom. The third-order valence-electron chi connectivity index (χ3n) is 2.62. The van der Waals surface area contributed by atoms with E-state index in [1.54, 1.807) is 11.9 Å². The van der Waals surface area contributed by atoms with Gasteiger partial charge < -0.3 is 9.52 Å². The van der Waals surface area contributed by atoms with E-state index in [0.29, 0.717) is 6.54 Å². The van der Waals surface area contributed by atoms with Crippen LogP contribution < -0.4 is 0 Å². The predicted molar refractivity (Wildman–Crippen MR) is 75.8 cm³/mol. The summed E-state index contributed by atoms with van der Waals surface area (Å²) in [5.74, 6) is 0.690. The topological polar surface area (TPSA) is 53.7 Å². The molecule has 0 aliphatic rings. The highest BCUT2D eigenvalue weighted by Crippen LogP contribution is 2.24. The Morgan fingerprint density at radius 1 is 1.26 bits per heavy atom. The van der Waals surface area contributed by atoms with Gasteiger partial charge in [-0.2, -0.15) is 0 Å². The van der Waals surface area contributed by atoms with Crippen molar-refractivity contribution in [2.45, 2.75) is 6.54 Å². The number of carbonyl (C=O) groups is 1. The van der Waals surface area contributed by atoms with Gasteiger partial charge in [0.1, 0.15) is 11.5 Å². The normalized spacial score (nSPS) is 10.9. The number of halogens is 1. The molecule has 19 heavy (non-hydrogen) atoms. The maximum atomic E-state index is 10.6. The van der Waals surface area contributed by atoms with Crippen molar-refractivity contribution in [2.24, 2.45) is 0 Å². The number of nitrogens with zero attached hydrogens (tertiary/aromatic N) is 1. The molecule has 1 heterocycles. The van der Waals surface area contributed by atoms with E-state index in [4.69, 9.17) is 9.52 Å². The Kier molecular flexibility index (Phi) is 4.39. The van der Waals surface area contributed by atoms with Crippen molar-refractivity contribution >= 4 is 21.9 Å². The molecule has 0 saturated carbocycles. The Bertz CT molecular complexity index is 562. The maximum absolute atomic E-state index is 10.6. The first kappa shape index (κ1) is 13.8. The van der Waals surface area contributed by atoms with Crippen molar-refractivity contribution < 1.29 is 14.3 Å². The molecule has 2 rings (SSSR count). The fraction of sp³-hybridized carbons (Fsp3) is 0.214. The third-order valence-corrected chi connectivity index (χ3v) is 3.15. The summed E-state index contributed by atoms with van der Waals surface area (Å²) in [6.45, 7) is 0.469. The fourth-order valence-electron chi connectivity index (χ4n) is 1.79. The average Bonchev–Trinajstić information content (AvgIpc) is 2.77. The number of hydrogen-bond acceptors (Lipinski definition) is 3. The molecule has 0 fully saturated rings. The Balaban J connectivity index is 2.06. The lowest BCUT2D eigenvalue weighted by Crippen LogP contribution is -2.24. The molecule has 5 heteroatoms. The lowest BCUT2D eigenvalue weighted by Gasteiger charge is -2.11. The van der Waals surface area contributed by atoms with Crippen LogP contribution in [-0.4, -0.2) is 29.6 Å². The molecule has 0 unspecified atom stereocenters. The predicted octanol–water partition coefficient (Wildman–Crippen LogP) is 3.23. The van der Waals surface area contributed by atoms with Gasteiger partial charge in [0.05, 0.1) is 13.1 Å². The molecule has 0 aliphatic heterocycles. The molecule has 0 spiro atoms. The number of likely N-dealkylation sites (N-methyl/N-ethyl adjacent to an activating group) is 1. The van der Waals surface area contributed by atoms with Crippen LogP contribution in [0.15, 0.2) is 45.3 Å². The smallest absolute Gasteiger partial charge is 0.317 e. The summed E-state index contributed by atoms with van der Waals surface area (Å²) in [6.07, 6.45) is 0. The second-order valence-corrected chi connectivity index (χ2v) is 5.25. The van der Waals surface area contributed by atoms with Gasteiger partial charge in [-0.05, 0) is 31.3 Å². The van der Waals surface area contributed by atoms with Crippen LogP contribution in [0.3, 0.4) is 0 Å². The van der Waals surface area contributed by atoms with Crippen LogP contribution in [0, 0.1) is 0 Å². The summed E-state index contributed by atoms with van der Waals surface area (Å²) >= 11 is 3.39. The zero-order chi connectivity index (χ0) is 13.8. The highest BCUT2D eigenvalue weighted by atomic mass is 79.9. The lowest BCUT2D eigenvalue weighted by molar-refractivity contribution is -0.138. The molecule has 0 saturated heterocycles. The first-order valence-corrected chi connectivity index (χ1v) is 6.59. The molecule has 2 aromatic rings. The van der Waals surface area contributed by atoms with Gasteiger partial charge in [-0.15, -0.1) is 0 Å². The standard InChI is InChI=1S/C14H14BrNO3/c1-16(9-14(17)18)8-12-6-7-13(19-12)10-2-4-11(15)5-3-10/h2-7H,8-9H2,1H3,(H,17,18). The van der Waals surface area contributed by atoms with Crippen LogP contribution in [0.5, 0.6) is 0 Å². The molecule has 1 aromatic heterocycles. The number of benzene rings is 1. The van der Waals surface area contributed by atoms with Crippen LogP contribution >= 0.6 is 15.9 Å². The Hall–Kier alpha value is -1.59. The SMILES string of the molecule is CN(CC(=O)O)Cc1ccc(-c2ccc(Br)cc2)o1. The number of carboxylic acids is 1. The van der Waals surface area contributed by atoms with Crippen molar-refractivity contribution in [3.63, 3.8) is 0 Å². The molecule has 1 N–H and O–H groups in total. The van der Waals surface area contributed by atoms with Gasteiger partial charge in [0.15, 0.2) is 0 Å². The Labute approximate surface area is 119 Å². The lowest BCUT2D eigenvalue weighted by atomic mass is 10.2. The van der Waals surface area contributed by atoms with E-state index >= 15 is 0 Å². The number of carboxylic acid groups (broad SMARTS) is 1.